The number of fused-ring (bicyclic) bond motifs is 1. The molecular weight excluding hydrogens is 296 g/mol. The summed E-state index contributed by atoms with van der Waals surface area (Å²) < 4.78 is 15.8. The van der Waals surface area contributed by atoms with E-state index in [9.17, 15) is 9.90 Å². The Hall–Kier alpha value is -2.43. The van der Waals surface area contributed by atoms with E-state index in [1.54, 1.807) is 12.1 Å². The number of furan rings is 1. The Balaban J connectivity index is 2.07. The molecule has 0 saturated heterocycles. The highest BCUT2D eigenvalue weighted by molar-refractivity contribution is 6.13. The van der Waals surface area contributed by atoms with Crippen LogP contribution in [0.4, 0.5) is 0 Å². The van der Waals surface area contributed by atoms with Crippen molar-refractivity contribution in [3.8, 4) is 17.2 Å². The standard InChI is InChI=1S/C18H15O5/c1-21-16-12-9-10-23-17(12)18(22-2)15(20)14(16)13(19)8-7-11-5-3-4-6-11/h3-10,20H,1-2H3/b8-7+. The lowest BCUT2D eigenvalue weighted by molar-refractivity contribution is 0.104. The number of ketones is 1. The van der Waals surface area contributed by atoms with Gasteiger partial charge >= 0.3 is 0 Å². The second-order valence-corrected chi connectivity index (χ2v) is 4.87. The molecule has 0 atom stereocenters. The highest BCUT2D eigenvalue weighted by Gasteiger charge is 2.26. The van der Waals surface area contributed by atoms with Crippen LogP contribution in [0.15, 0.2) is 28.9 Å². The first-order valence-corrected chi connectivity index (χ1v) is 6.95. The largest absolute Gasteiger partial charge is 0.504 e. The SMILES string of the molecule is COc1c(C(=O)/C=C/[C]2[CH][CH][CH][CH]2)c(O)c(OC)c2occc12. The number of allylic oxidation sites excluding steroid dienone is 2. The number of phenolic OH excluding ortho intramolecular Hbond substituents is 1. The molecule has 1 saturated carbocycles. The molecule has 1 aliphatic carbocycles. The molecule has 2 aromatic rings. The monoisotopic (exact) mass is 311 g/mol. The van der Waals surface area contributed by atoms with E-state index in [1.807, 2.05) is 25.7 Å². The van der Waals surface area contributed by atoms with Gasteiger partial charge in [0.2, 0.25) is 5.75 Å². The Bertz CT molecular complexity index is 750. The van der Waals surface area contributed by atoms with Crippen molar-refractivity contribution < 1.29 is 23.8 Å². The minimum absolute atomic E-state index is 0.0426. The fourth-order valence-corrected chi connectivity index (χ4v) is 2.51. The molecule has 1 aromatic carbocycles. The predicted molar refractivity (Wildman–Crippen MR) is 84.9 cm³/mol. The number of hydrogen-bond donors (Lipinski definition) is 1. The third-order valence-corrected chi connectivity index (χ3v) is 3.57. The minimum atomic E-state index is -0.387. The van der Waals surface area contributed by atoms with Gasteiger partial charge in [0.25, 0.3) is 0 Å². The van der Waals surface area contributed by atoms with E-state index in [0.29, 0.717) is 11.0 Å². The zero-order chi connectivity index (χ0) is 16.4. The van der Waals surface area contributed by atoms with Crippen molar-refractivity contribution in [3.05, 3.63) is 61.6 Å². The number of carbonyl (C=O) groups excluding carboxylic acids is 1. The summed E-state index contributed by atoms with van der Waals surface area (Å²) in [5.74, 6) is 0.569. The summed E-state index contributed by atoms with van der Waals surface area (Å²) in [6.07, 6.45) is 12.0. The molecule has 23 heavy (non-hydrogen) atoms. The number of hydrogen-bond acceptors (Lipinski definition) is 5. The van der Waals surface area contributed by atoms with Gasteiger partial charge in [0.15, 0.2) is 17.1 Å². The number of ether oxygens (including phenoxy) is 2. The summed E-state index contributed by atoms with van der Waals surface area (Å²) >= 11 is 0. The van der Waals surface area contributed by atoms with Crippen LogP contribution in [-0.4, -0.2) is 25.1 Å². The van der Waals surface area contributed by atoms with Crippen molar-refractivity contribution in [2.45, 2.75) is 0 Å². The van der Waals surface area contributed by atoms with Crippen LogP contribution in [-0.2, 0) is 0 Å². The predicted octanol–water partition coefficient (Wildman–Crippen LogP) is 3.30. The number of methoxy groups -OCH3 is 2. The lowest BCUT2D eigenvalue weighted by Crippen LogP contribution is -2.02. The van der Waals surface area contributed by atoms with Crippen molar-refractivity contribution in [1.29, 1.82) is 0 Å². The van der Waals surface area contributed by atoms with Crippen molar-refractivity contribution in [3.63, 3.8) is 0 Å². The number of phenols is 1. The second kappa shape index (κ2) is 6.36. The quantitative estimate of drug-likeness (QED) is 0.678. The summed E-state index contributed by atoms with van der Waals surface area (Å²) in [5, 5.41) is 11.0. The minimum Gasteiger partial charge on any atom is -0.504 e. The van der Waals surface area contributed by atoms with Gasteiger partial charge in [-0.15, -0.1) is 0 Å². The summed E-state index contributed by atoms with van der Waals surface area (Å²) in [7, 11) is 2.84. The Morgan fingerprint density at radius 1 is 1.17 bits per heavy atom. The van der Waals surface area contributed by atoms with E-state index in [2.05, 4.69) is 0 Å². The van der Waals surface area contributed by atoms with Crippen LogP contribution < -0.4 is 9.47 Å². The van der Waals surface area contributed by atoms with E-state index in [1.165, 1.54) is 26.6 Å². The van der Waals surface area contributed by atoms with Crippen LogP contribution in [0.25, 0.3) is 11.0 Å². The average molecular weight is 311 g/mol. The fraction of sp³-hybridized carbons (Fsp3) is 0.111. The van der Waals surface area contributed by atoms with Crippen LogP contribution in [0, 0.1) is 31.6 Å². The summed E-state index contributed by atoms with van der Waals surface area (Å²) in [5.41, 5.74) is 0.375. The van der Waals surface area contributed by atoms with Crippen LogP contribution in [0.1, 0.15) is 10.4 Å². The Labute approximate surface area is 134 Å². The van der Waals surface area contributed by atoms with Gasteiger partial charge in [0.05, 0.1) is 25.9 Å². The molecule has 1 aromatic heterocycles. The van der Waals surface area contributed by atoms with Gasteiger partial charge in [0.1, 0.15) is 11.3 Å². The number of carbonyl (C=O) groups is 1. The molecule has 1 fully saturated rings. The highest BCUT2D eigenvalue weighted by Crippen LogP contribution is 2.45. The third-order valence-electron chi connectivity index (χ3n) is 3.57. The first-order chi connectivity index (χ1) is 11.2. The van der Waals surface area contributed by atoms with Crippen molar-refractivity contribution >= 4 is 16.8 Å². The van der Waals surface area contributed by atoms with E-state index in [4.69, 9.17) is 13.9 Å². The molecule has 117 valence electrons. The lowest BCUT2D eigenvalue weighted by Gasteiger charge is -2.13. The van der Waals surface area contributed by atoms with Crippen LogP contribution >= 0.6 is 0 Å². The highest BCUT2D eigenvalue weighted by atomic mass is 16.5. The van der Waals surface area contributed by atoms with Gasteiger partial charge in [-0.25, -0.2) is 0 Å². The molecule has 0 aliphatic heterocycles. The Morgan fingerprint density at radius 2 is 1.87 bits per heavy atom. The maximum atomic E-state index is 12.6. The topological polar surface area (TPSA) is 68.9 Å². The summed E-state index contributed by atoms with van der Waals surface area (Å²) in [6, 6.07) is 1.66. The van der Waals surface area contributed by atoms with E-state index in [-0.39, 0.29) is 28.6 Å². The molecule has 5 heteroatoms. The second-order valence-electron chi connectivity index (χ2n) is 4.87. The maximum Gasteiger partial charge on any atom is 0.205 e. The zero-order valence-corrected chi connectivity index (χ0v) is 12.7. The number of rotatable bonds is 5. The first-order valence-electron chi connectivity index (χ1n) is 6.95. The molecular formula is C18H15O5. The van der Waals surface area contributed by atoms with Gasteiger partial charge < -0.3 is 19.0 Å². The first kappa shape index (κ1) is 15.5. The number of aromatic hydroxyl groups is 1. The van der Waals surface area contributed by atoms with Gasteiger partial charge in [-0.1, -0.05) is 6.08 Å². The van der Waals surface area contributed by atoms with Gasteiger partial charge in [-0.2, -0.15) is 0 Å². The average Bonchev–Trinajstić information content (AvgIpc) is 3.22. The maximum absolute atomic E-state index is 12.6. The number of benzene rings is 1. The Kier molecular flexibility index (Phi) is 4.28. The molecule has 1 aliphatic rings. The summed E-state index contributed by atoms with van der Waals surface area (Å²) in [6.45, 7) is 0. The normalized spacial score (nSPS) is 15.6. The summed E-state index contributed by atoms with van der Waals surface area (Å²) in [4.78, 5) is 12.6. The van der Waals surface area contributed by atoms with Gasteiger partial charge in [-0.3, -0.25) is 4.79 Å². The molecule has 1 heterocycles. The van der Waals surface area contributed by atoms with Crippen LogP contribution in [0.2, 0.25) is 0 Å². The van der Waals surface area contributed by atoms with Gasteiger partial charge in [-0.05, 0) is 37.8 Å². The van der Waals surface area contributed by atoms with E-state index in [0.717, 1.165) is 5.92 Å². The molecule has 3 rings (SSSR count). The molecule has 0 unspecified atom stereocenters. The molecule has 5 radical (unpaired) electrons. The van der Waals surface area contributed by atoms with E-state index < -0.39 is 0 Å². The molecule has 1 N–H and O–H groups in total. The Morgan fingerprint density at radius 3 is 2.52 bits per heavy atom. The van der Waals surface area contributed by atoms with Crippen molar-refractivity contribution in [1.82, 2.24) is 0 Å². The third kappa shape index (κ3) is 2.67. The van der Waals surface area contributed by atoms with Crippen LogP contribution in [0.5, 0.6) is 17.2 Å². The molecule has 0 amide bonds. The van der Waals surface area contributed by atoms with Gasteiger partial charge in [0, 0.05) is 5.92 Å². The van der Waals surface area contributed by atoms with Crippen molar-refractivity contribution in [2.24, 2.45) is 0 Å². The molecule has 0 spiro atoms. The fourth-order valence-electron chi connectivity index (χ4n) is 2.51. The molecule has 5 nitrogen and oxygen atoms in total. The lowest BCUT2D eigenvalue weighted by atomic mass is 10.0. The van der Waals surface area contributed by atoms with Crippen molar-refractivity contribution in [2.75, 3.05) is 14.2 Å². The smallest absolute Gasteiger partial charge is 0.205 e. The molecule has 0 bridgehead atoms. The zero-order valence-electron chi connectivity index (χ0n) is 12.7. The van der Waals surface area contributed by atoms with Crippen LogP contribution in [0.3, 0.4) is 0 Å². The van der Waals surface area contributed by atoms with E-state index >= 15 is 0 Å².